The summed E-state index contributed by atoms with van der Waals surface area (Å²) in [5, 5.41) is 9.52. The molecule has 7 nitrogen and oxygen atoms in total. The van der Waals surface area contributed by atoms with Crippen molar-refractivity contribution in [3.63, 3.8) is 0 Å². The molecule has 7 heteroatoms. The fourth-order valence-corrected chi connectivity index (χ4v) is 4.46. The van der Waals surface area contributed by atoms with Gasteiger partial charge in [-0.25, -0.2) is 4.79 Å². The zero-order valence-electron chi connectivity index (χ0n) is 20.6. The van der Waals surface area contributed by atoms with Crippen molar-refractivity contribution in [2.24, 2.45) is 0 Å². The Balaban J connectivity index is 1.72. The molecule has 3 rings (SSSR count). The van der Waals surface area contributed by atoms with Gasteiger partial charge in [-0.1, -0.05) is 32.0 Å². The summed E-state index contributed by atoms with van der Waals surface area (Å²) in [5.74, 6) is -1.16. The minimum atomic E-state index is -0.821. The molecule has 0 bridgehead atoms. The highest BCUT2D eigenvalue weighted by atomic mass is 16.5. The number of ether oxygens (including phenoxy) is 2. The summed E-state index contributed by atoms with van der Waals surface area (Å²) in [4.78, 5) is 27.2. The smallest absolute Gasteiger partial charge is 0.349 e. The number of methoxy groups -OCH3 is 1. The molecule has 0 amide bonds. The van der Waals surface area contributed by atoms with Crippen molar-refractivity contribution >= 4 is 23.5 Å². The van der Waals surface area contributed by atoms with Gasteiger partial charge in [0.15, 0.2) is 12.4 Å². The number of nitriles is 1. The average molecular weight is 462 g/mol. The Bertz CT molecular complexity index is 1210. The number of esters is 1. The number of ketones is 1. The van der Waals surface area contributed by atoms with Crippen LogP contribution in [0.25, 0.3) is 6.08 Å². The van der Waals surface area contributed by atoms with Gasteiger partial charge in [0.2, 0.25) is 0 Å². The Morgan fingerprint density at radius 1 is 1.21 bits per heavy atom. The normalized spacial score (nSPS) is 15.9. The van der Waals surface area contributed by atoms with Gasteiger partial charge in [-0.3, -0.25) is 4.79 Å². The number of carbonyl (C=O) groups excluding carboxylic acids is 2. The minimum Gasteiger partial charge on any atom is -0.453 e. The third-order valence-electron chi connectivity index (χ3n) is 6.36. The van der Waals surface area contributed by atoms with E-state index in [0.29, 0.717) is 13.2 Å². The molecular weight excluding hydrogens is 430 g/mol. The van der Waals surface area contributed by atoms with E-state index < -0.39 is 12.6 Å². The number of anilines is 1. The molecule has 0 radical (unpaired) electrons. The Morgan fingerprint density at radius 3 is 2.56 bits per heavy atom. The molecule has 0 fully saturated rings. The summed E-state index contributed by atoms with van der Waals surface area (Å²) in [6.45, 7) is 8.78. The molecule has 0 saturated carbocycles. The third kappa shape index (κ3) is 4.82. The lowest BCUT2D eigenvalue weighted by Gasteiger charge is -2.23. The molecule has 1 aromatic carbocycles. The lowest BCUT2D eigenvalue weighted by atomic mass is 9.83. The van der Waals surface area contributed by atoms with Gasteiger partial charge >= 0.3 is 5.97 Å². The number of nitrogens with zero attached hydrogens (tertiary/aromatic N) is 3. The second kappa shape index (κ2) is 10.1. The van der Waals surface area contributed by atoms with Crippen molar-refractivity contribution in [2.45, 2.75) is 39.7 Å². The predicted octanol–water partition coefficient (Wildman–Crippen LogP) is 4.08. The quantitative estimate of drug-likeness (QED) is 0.335. The van der Waals surface area contributed by atoms with Crippen molar-refractivity contribution in [2.75, 3.05) is 32.3 Å². The molecule has 1 aliphatic heterocycles. The van der Waals surface area contributed by atoms with Crippen LogP contribution >= 0.6 is 0 Å². The Hall–Kier alpha value is -3.63. The van der Waals surface area contributed by atoms with Gasteiger partial charge in [0.1, 0.15) is 11.6 Å². The van der Waals surface area contributed by atoms with Crippen molar-refractivity contribution in [1.29, 1.82) is 5.26 Å². The SMILES string of the molecule is COCCn1c(C)cc(/C=C(\C#N)C(=O)OCC(=O)/C=C2/N(C)c3ccccc3C2(C)C)c1C. The largest absolute Gasteiger partial charge is 0.453 e. The number of allylic oxidation sites excluding steroid dienone is 1. The molecule has 0 spiro atoms. The molecular formula is C27H31N3O4. The van der Waals surface area contributed by atoms with Gasteiger partial charge in [0, 0.05) is 55.0 Å². The number of rotatable bonds is 8. The lowest BCUT2D eigenvalue weighted by Crippen LogP contribution is -2.25. The maximum Gasteiger partial charge on any atom is 0.349 e. The molecule has 0 aliphatic carbocycles. The van der Waals surface area contributed by atoms with Crippen LogP contribution in [0.3, 0.4) is 0 Å². The first-order valence-corrected chi connectivity index (χ1v) is 11.1. The number of fused-ring (bicyclic) bond motifs is 1. The van der Waals surface area contributed by atoms with Gasteiger partial charge in [0.25, 0.3) is 0 Å². The maximum absolute atomic E-state index is 12.7. The van der Waals surface area contributed by atoms with Crippen molar-refractivity contribution in [1.82, 2.24) is 4.57 Å². The van der Waals surface area contributed by atoms with Crippen LogP contribution in [0, 0.1) is 25.2 Å². The molecule has 0 saturated heterocycles. The van der Waals surface area contributed by atoms with E-state index in [2.05, 4.69) is 18.4 Å². The standard InChI is InChI=1S/C27H31N3O4/c1-18-13-20(19(2)30(18)11-12-33-6)14-21(16-28)26(32)34-17-22(31)15-25-27(3,4)23-9-7-8-10-24(23)29(25)5/h7-10,13-15H,11-12,17H2,1-6H3/b21-14+,25-15+. The summed E-state index contributed by atoms with van der Waals surface area (Å²) in [7, 11) is 3.55. The van der Waals surface area contributed by atoms with Gasteiger partial charge in [-0.05, 0) is 43.2 Å². The highest BCUT2D eigenvalue weighted by Crippen LogP contribution is 2.46. The van der Waals surface area contributed by atoms with E-state index in [4.69, 9.17) is 9.47 Å². The number of carbonyl (C=O) groups is 2. The van der Waals surface area contributed by atoms with Gasteiger partial charge in [-0.2, -0.15) is 5.26 Å². The number of likely N-dealkylation sites (N-methyl/N-ethyl adjacent to an activating group) is 1. The van der Waals surface area contributed by atoms with Crippen LogP contribution in [0.4, 0.5) is 5.69 Å². The van der Waals surface area contributed by atoms with Gasteiger partial charge in [-0.15, -0.1) is 0 Å². The number of aryl methyl sites for hydroxylation is 1. The van der Waals surface area contributed by atoms with Crippen LogP contribution in [-0.4, -0.2) is 43.7 Å². The van der Waals surface area contributed by atoms with E-state index in [1.807, 2.05) is 62.2 Å². The highest BCUT2D eigenvalue weighted by Gasteiger charge is 2.38. The number of para-hydroxylation sites is 1. The Labute approximate surface area is 200 Å². The van der Waals surface area contributed by atoms with Crippen molar-refractivity contribution in [3.05, 3.63) is 70.2 Å². The second-order valence-electron chi connectivity index (χ2n) is 8.91. The summed E-state index contributed by atoms with van der Waals surface area (Å²) >= 11 is 0. The molecule has 1 aliphatic rings. The molecule has 1 aromatic heterocycles. The summed E-state index contributed by atoms with van der Waals surface area (Å²) in [5.41, 5.74) is 5.16. The van der Waals surface area contributed by atoms with Crippen LogP contribution in [0.2, 0.25) is 0 Å². The predicted molar refractivity (Wildman–Crippen MR) is 131 cm³/mol. The number of hydrogen-bond donors (Lipinski definition) is 0. The fourth-order valence-electron chi connectivity index (χ4n) is 4.46. The molecule has 2 heterocycles. The van der Waals surface area contributed by atoms with Crippen LogP contribution in [0.15, 0.2) is 47.7 Å². The number of hydrogen-bond acceptors (Lipinski definition) is 6. The Morgan fingerprint density at radius 2 is 1.91 bits per heavy atom. The second-order valence-corrected chi connectivity index (χ2v) is 8.91. The third-order valence-corrected chi connectivity index (χ3v) is 6.36. The average Bonchev–Trinajstić information content (AvgIpc) is 3.18. The molecule has 178 valence electrons. The van der Waals surface area contributed by atoms with Crippen molar-refractivity contribution in [3.8, 4) is 6.07 Å². The lowest BCUT2D eigenvalue weighted by molar-refractivity contribution is -0.142. The summed E-state index contributed by atoms with van der Waals surface area (Å²) < 4.78 is 12.4. The summed E-state index contributed by atoms with van der Waals surface area (Å²) in [6, 6.07) is 11.8. The summed E-state index contributed by atoms with van der Waals surface area (Å²) in [6.07, 6.45) is 3.02. The van der Waals surface area contributed by atoms with Crippen LogP contribution in [-0.2, 0) is 31.0 Å². The van der Waals surface area contributed by atoms with Crippen LogP contribution in [0.1, 0.15) is 36.4 Å². The highest BCUT2D eigenvalue weighted by molar-refractivity contribution is 6.00. The van der Waals surface area contributed by atoms with Crippen LogP contribution in [0.5, 0.6) is 0 Å². The fraction of sp³-hybridized carbons (Fsp3) is 0.370. The van der Waals surface area contributed by atoms with Gasteiger partial charge < -0.3 is 18.9 Å². The van der Waals surface area contributed by atoms with E-state index in [1.165, 1.54) is 12.2 Å². The number of benzene rings is 1. The van der Waals surface area contributed by atoms with Gasteiger partial charge in [0.05, 0.1) is 6.61 Å². The van der Waals surface area contributed by atoms with E-state index in [9.17, 15) is 14.9 Å². The first-order valence-electron chi connectivity index (χ1n) is 11.1. The zero-order chi connectivity index (χ0) is 25.0. The molecule has 2 aromatic rings. The van der Waals surface area contributed by atoms with E-state index in [1.54, 1.807) is 7.11 Å². The molecule has 0 atom stereocenters. The zero-order valence-corrected chi connectivity index (χ0v) is 20.6. The van der Waals surface area contributed by atoms with E-state index >= 15 is 0 Å². The minimum absolute atomic E-state index is 0.154. The topological polar surface area (TPSA) is 84.6 Å². The first-order chi connectivity index (χ1) is 16.1. The maximum atomic E-state index is 12.7. The molecule has 34 heavy (non-hydrogen) atoms. The van der Waals surface area contributed by atoms with E-state index in [0.717, 1.165) is 33.9 Å². The Kier molecular flexibility index (Phi) is 7.43. The molecule has 0 unspecified atom stereocenters. The van der Waals surface area contributed by atoms with E-state index in [-0.39, 0.29) is 16.8 Å². The first kappa shape index (κ1) is 25.0. The number of aromatic nitrogens is 1. The van der Waals surface area contributed by atoms with Crippen molar-refractivity contribution < 1.29 is 19.1 Å². The van der Waals surface area contributed by atoms with Crippen LogP contribution < -0.4 is 4.90 Å². The monoisotopic (exact) mass is 461 g/mol. The molecule has 0 N–H and O–H groups in total.